The number of halogens is 2. The zero-order valence-electron chi connectivity index (χ0n) is 14.9. The molecule has 0 unspecified atom stereocenters. The van der Waals surface area contributed by atoms with E-state index in [0.717, 1.165) is 12.8 Å². The molecule has 0 spiro atoms. The minimum atomic E-state index is -4.04. The van der Waals surface area contributed by atoms with Crippen LogP contribution in [-0.4, -0.2) is 41.3 Å². The summed E-state index contributed by atoms with van der Waals surface area (Å²) in [5, 5.41) is -0.180. The second-order valence-electron chi connectivity index (χ2n) is 6.13. The number of ether oxygens (including phenoxy) is 1. The minimum absolute atomic E-state index is 0.0147. The van der Waals surface area contributed by atoms with Crippen LogP contribution in [0.15, 0.2) is 46.2 Å². The molecular formula is C17H18Cl2N2O5S2. The van der Waals surface area contributed by atoms with Gasteiger partial charge in [-0.15, -0.1) is 0 Å². The number of methoxy groups -OCH3 is 1. The van der Waals surface area contributed by atoms with E-state index in [2.05, 4.69) is 4.72 Å². The summed E-state index contributed by atoms with van der Waals surface area (Å²) in [6, 6.07) is 8.19. The highest BCUT2D eigenvalue weighted by Crippen LogP contribution is 2.37. The monoisotopic (exact) mass is 464 g/mol. The Kier molecular flexibility index (Phi) is 6.11. The van der Waals surface area contributed by atoms with Gasteiger partial charge in [0.1, 0.15) is 15.7 Å². The molecule has 1 fully saturated rings. The Morgan fingerprint density at radius 3 is 2.11 bits per heavy atom. The summed E-state index contributed by atoms with van der Waals surface area (Å²) in [5.74, 6) is 0.252. The summed E-state index contributed by atoms with van der Waals surface area (Å²) in [5.41, 5.74) is 0.198. The van der Waals surface area contributed by atoms with E-state index in [1.54, 1.807) is 0 Å². The van der Waals surface area contributed by atoms with Gasteiger partial charge in [-0.25, -0.2) is 16.8 Å². The number of nitrogens with one attached hydrogen (secondary N) is 1. The number of hydrogen-bond acceptors (Lipinski definition) is 5. The van der Waals surface area contributed by atoms with E-state index in [1.807, 2.05) is 0 Å². The lowest BCUT2D eigenvalue weighted by molar-refractivity contribution is 0.414. The molecule has 1 aliphatic heterocycles. The van der Waals surface area contributed by atoms with Gasteiger partial charge in [-0.2, -0.15) is 4.31 Å². The van der Waals surface area contributed by atoms with E-state index in [0.29, 0.717) is 13.1 Å². The van der Waals surface area contributed by atoms with Crippen LogP contribution in [0.4, 0.5) is 5.69 Å². The SMILES string of the molecule is COc1ccc(S(=O)(=O)Nc2ccc(S(=O)(=O)N3CCCC3)cc2)c(Cl)c1Cl. The molecule has 28 heavy (non-hydrogen) atoms. The van der Waals surface area contributed by atoms with Crippen molar-refractivity contribution in [3.63, 3.8) is 0 Å². The zero-order chi connectivity index (χ0) is 20.5. The molecule has 11 heteroatoms. The van der Waals surface area contributed by atoms with Crippen LogP contribution in [-0.2, 0) is 20.0 Å². The lowest BCUT2D eigenvalue weighted by Crippen LogP contribution is -2.27. The maximum absolute atomic E-state index is 12.6. The first kappa shape index (κ1) is 21.2. The Bertz CT molecular complexity index is 1080. The van der Waals surface area contributed by atoms with Crippen molar-refractivity contribution < 1.29 is 21.6 Å². The van der Waals surface area contributed by atoms with Gasteiger partial charge in [0.2, 0.25) is 10.0 Å². The van der Waals surface area contributed by atoms with Crippen molar-refractivity contribution in [1.29, 1.82) is 0 Å². The summed E-state index contributed by atoms with van der Waals surface area (Å²) in [7, 11) is -6.21. The van der Waals surface area contributed by atoms with Crippen molar-refractivity contribution in [3.05, 3.63) is 46.4 Å². The number of rotatable bonds is 6. The fourth-order valence-electron chi connectivity index (χ4n) is 2.86. The summed E-state index contributed by atoms with van der Waals surface area (Å²) >= 11 is 12.1. The Morgan fingerprint density at radius 1 is 0.929 bits per heavy atom. The molecule has 1 saturated heterocycles. The van der Waals surface area contributed by atoms with Crippen molar-refractivity contribution >= 4 is 48.9 Å². The van der Waals surface area contributed by atoms with Crippen molar-refractivity contribution in [1.82, 2.24) is 4.31 Å². The van der Waals surface area contributed by atoms with Crippen LogP contribution in [0.2, 0.25) is 10.0 Å². The average molecular weight is 465 g/mol. The topological polar surface area (TPSA) is 92.8 Å². The second kappa shape index (κ2) is 8.08. The van der Waals surface area contributed by atoms with Crippen molar-refractivity contribution in [2.75, 3.05) is 24.9 Å². The zero-order valence-corrected chi connectivity index (χ0v) is 18.0. The van der Waals surface area contributed by atoms with Crippen molar-refractivity contribution in [3.8, 4) is 5.75 Å². The maximum atomic E-state index is 12.6. The molecule has 0 aliphatic carbocycles. The van der Waals surface area contributed by atoms with E-state index in [-0.39, 0.29) is 31.3 Å². The summed E-state index contributed by atoms with van der Waals surface area (Å²) in [6.45, 7) is 0.987. The predicted molar refractivity (Wildman–Crippen MR) is 108 cm³/mol. The third-order valence-corrected chi connectivity index (χ3v) is 8.64. The summed E-state index contributed by atoms with van der Waals surface area (Å²) in [4.78, 5) is -0.100. The van der Waals surface area contributed by atoms with Gasteiger partial charge in [-0.05, 0) is 49.2 Å². The Hall–Kier alpha value is -1.52. The fraction of sp³-hybridized carbons (Fsp3) is 0.294. The van der Waals surface area contributed by atoms with Crippen molar-refractivity contribution in [2.45, 2.75) is 22.6 Å². The normalized spacial score (nSPS) is 15.5. The van der Waals surface area contributed by atoms with Gasteiger partial charge in [0, 0.05) is 18.8 Å². The van der Waals surface area contributed by atoms with Gasteiger partial charge in [0.05, 0.1) is 17.0 Å². The molecule has 152 valence electrons. The molecule has 0 atom stereocenters. The Morgan fingerprint density at radius 2 is 1.54 bits per heavy atom. The molecule has 0 radical (unpaired) electrons. The largest absolute Gasteiger partial charge is 0.495 e. The molecule has 2 aromatic carbocycles. The van der Waals surface area contributed by atoms with Crippen LogP contribution in [0.1, 0.15) is 12.8 Å². The lowest BCUT2D eigenvalue weighted by atomic mass is 10.3. The van der Waals surface area contributed by atoms with Crippen LogP contribution in [0.25, 0.3) is 0 Å². The van der Waals surface area contributed by atoms with Gasteiger partial charge in [-0.1, -0.05) is 23.2 Å². The summed E-state index contributed by atoms with van der Waals surface area (Å²) in [6.07, 6.45) is 1.67. The first-order chi connectivity index (χ1) is 13.2. The highest BCUT2D eigenvalue weighted by atomic mass is 35.5. The number of hydrogen-bond donors (Lipinski definition) is 1. The van der Waals surface area contributed by atoms with E-state index in [1.165, 1.54) is 47.8 Å². The molecule has 1 heterocycles. The van der Waals surface area contributed by atoms with Crippen LogP contribution in [0.5, 0.6) is 5.75 Å². The third kappa shape index (κ3) is 4.08. The number of anilines is 1. The van der Waals surface area contributed by atoms with Gasteiger partial charge >= 0.3 is 0 Å². The van der Waals surface area contributed by atoms with Gasteiger partial charge in [-0.3, -0.25) is 4.72 Å². The van der Waals surface area contributed by atoms with Gasteiger partial charge < -0.3 is 4.74 Å². The number of sulfonamides is 2. The van der Waals surface area contributed by atoms with Crippen LogP contribution in [0, 0.1) is 0 Å². The molecular weight excluding hydrogens is 447 g/mol. The molecule has 1 N–H and O–H groups in total. The van der Waals surface area contributed by atoms with Crippen LogP contribution in [0.3, 0.4) is 0 Å². The first-order valence-electron chi connectivity index (χ1n) is 8.32. The first-order valence-corrected chi connectivity index (χ1v) is 12.0. The van der Waals surface area contributed by atoms with Gasteiger partial charge in [0.25, 0.3) is 10.0 Å². The van der Waals surface area contributed by atoms with Crippen LogP contribution < -0.4 is 9.46 Å². The molecule has 0 bridgehead atoms. The molecule has 0 amide bonds. The van der Waals surface area contributed by atoms with E-state index >= 15 is 0 Å². The minimum Gasteiger partial charge on any atom is -0.495 e. The highest BCUT2D eigenvalue weighted by molar-refractivity contribution is 7.92. The second-order valence-corrected chi connectivity index (χ2v) is 10.5. The molecule has 2 aromatic rings. The smallest absolute Gasteiger partial charge is 0.263 e. The lowest BCUT2D eigenvalue weighted by Gasteiger charge is -2.16. The van der Waals surface area contributed by atoms with Crippen LogP contribution >= 0.6 is 23.2 Å². The quantitative estimate of drug-likeness (QED) is 0.704. The van der Waals surface area contributed by atoms with E-state index < -0.39 is 20.0 Å². The summed E-state index contributed by atoms with van der Waals surface area (Å²) < 4.78 is 59.2. The van der Waals surface area contributed by atoms with E-state index in [9.17, 15) is 16.8 Å². The average Bonchev–Trinajstić information content (AvgIpc) is 3.19. The fourth-order valence-corrected chi connectivity index (χ4v) is 6.28. The standard InChI is InChI=1S/C17H18Cl2N2O5S2/c1-26-14-8-9-15(17(19)16(14)18)27(22,23)20-12-4-6-13(7-5-12)28(24,25)21-10-2-3-11-21/h4-9,20H,2-3,10-11H2,1H3. The predicted octanol–water partition coefficient (Wildman–Crippen LogP) is 3.59. The molecule has 7 nitrogen and oxygen atoms in total. The molecule has 0 saturated carbocycles. The third-order valence-electron chi connectivity index (χ3n) is 4.33. The number of nitrogens with zero attached hydrogens (tertiary/aromatic N) is 1. The number of benzene rings is 2. The van der Waals surface area contributed by atoms with Crippen molar-refractivity contribution in [2.24, 2.45) is 0 Å². The Labute approximate surface area is 174 Å². The van der Waals surface area contributed by atoms with E-state index in [4.69, 9.17) is 27.9 Å². The molecule has 1 aliphatic rings. The van der Waals surface area contributed by atoms with Gasteiger partial charge in [0.15, 0.2) is 0 Å². The maximum Gasteiger partial charge on any atom is 0.263 e. The Balaban J connectivity index is 1.85. The highest BCUT2D eigenvalue weighted by Gasteiger charge is 2.27. The molecule has 0 aromatic heterocycles. The molecule has 3 rings (SSSR count).